The van der Waals surface area contributed by atoms with Crippen LogP contribution in [0.1, 0.15) is 22.2 Å². The molecule has 0 aliphatic rings. The van der Waals surface area contributed by atoms with Crippen molar-refractivity contribution in [3.8, 4) is 11.1 Å². The molecule has 0 atom stereocenters. The summed E-state index contributed by atoms with van der Waals surface area (Å²) in [5, 5.41) is 13.1. The van der Waals surface area contributed by atoms with E-state index >= 15 is 0 Å². The Bertz CT molecular complexity index is 870. The van der Waals surface area contributed by atoms with Crippen LogP contribution in [0.25, 0.3) is 11.1 Å². The topological polar surface area (TPSA) is 95.5 Å². The van der Waals surface area contributed by atoms with Crippen molar-refractivity contribution in [2.45, 2.75) is 13.8 Å². The number of aryl methyl sites for hydroxylation is 1. The lowest BCUT2D eigenvalue weighted by Crippen LogP contribution is -2.20. The summed E-state index contributed by atoms with van der Waals surface area (Å²) in [4.78, 5) is 35.4. The van der Waals surface area contributed by atoms with Crippen molar-refractivity contribution in [3.63, 3.8) is 0 Å². The number of carbonyl (C=O) groups excluding carboxylic acids is 3. The summed E-state index contributed by atoms with van der Waals surface area (Å²) in [7, 11) is 0. The SMILES string of the molecule is CCOC(=O)c1c(NC(=O)C=CC(=O)[O-])sc(C)c1-c1ccc(F)cc1. The number of thiophene rings is 1. The lowest BCUT2D eigenvalue weighted by molar-refractivity contribution is -0.297. The summed E-state index contributed by atoms with van der Waals surface area (Å²) in [6.45, 7) is 3.53. The summed E-state index contributed by atoms with van der Waals surface area (Å²) in [5.41, 5.74) is 1.25. The predicted octanol–water partition coefficient (Wildman–Crippen LogP) is 2.28. The molecular formula is C18H15FNO5S-. The summed E-state index contributed by atoms with van der Waals surface area (Å²) >= 11 is 1.13. The van der Waals surface area contributed by atoms with Crippen LogP contribution in [-0.2, 0) is 14.3 Å². The summed E-state index contributed by atoms with van der Waals surface area (Å²) in [6.07, 6.45) is 1.37. The van der Waals surface area contributed by atoms with Crippen LogP contribution in [0.2, 0.25) is 0 Å². The molecule has 0 bridgehead atoms. The van der Waals surface area contributed by atoms with Crippen LogP contribution < -0.4 is 10.4 Å². The molecule has 1 aromatic carbocycles. The Hall–Kier alpha value is -3.00. The van der Waals surface area contributed by atoms with E-state index in [0.717, 1.165) is 17.4 Å². The molecule has 26 heavy (non-hydrogen) atoms. The fraction of sp³-hybridized carbons (Fsp3) is 0.167. The second kappa shape index (κ2) is 8.39. The zero-order chi connectivity index (χ0) is 19.3. The number of aliphatic carboxylic acids is 1. The van der Waals surface area contributed by atoms with Crippen molar-refractivity contribution in [1.82, 2.24) is 0 Å². The number of carboxylic acids is 1. The molecule has 1 heterocycles. The molecule has 136 valence electrons. The Morgan fingerprint density at radius 2 is 1.88 bits per heavy atom. The molecule has 1 amide bonds. The molecule has 0 radical (unpaired) electrons. The van der Waals surface area contributed by atoms with Gasteiger partial charge in [0, 0.05) is 16.5 Å². The number of hydrogen-bond acceptors (Lipinski definition) is 6. The van der Waals surface area contributed by atoms with Crippen LogP contribution in [0, 0.1) is 12.7 Å². The van der Waals surface area contributed by atoms with Gasteiger partial charge in [-0.05, 0) is 37.6 Å². The normalized spacial score (nSPS) is 10.7. The second-order valence-corrected chi connectivity index (χ2v) is 6.33. The minimum absolute atomic E-state index is 0.133. The lowest BCUT2D eigenvalue weighted by Gasteiger charge is -2.08. The third-order valence-electron chi connectivity index (χ3n) is 3.30. The van der Waals surface area contributed by atoms with Crippen LogP contribution in [0.4, 0.5) is 9.39 Å². The maximum Gasteiger partial charge on any atom is 0.341 e. The number of carboxylic acid groups (broad SMARTS) is 1. The van der Waals surface area contributed by atoms with Crippen LogP contribution in [0.3, 0.4) is 0 Å². The van der Waals surface area contributed by atoms with Gasteiger partial charge in [-0.2, -0.15) is 0 Å². The van der Waals surface area contributed by atoms with E-state index in [1.165, 1.54) is 24.3 Å². The summed E-state index contributed by atoms with van der Waals surface area (Å²) in [6, 6.07) is 5.58. The van der Waals surface area contributed by atoms with Gasteiger partial charge < -0.3 is 20.0 Å². The number of benzene rings is 1. The maximum absolute atomic E-state index is 13.2. The van der Waals surface area contributed by atoms with E-state index in [9.17, 15) is 23.9 Å². The standard InChI is InChI=1S/C18H16FNO5S/c1-3-25-18(24)16-15(11-4-6-12(19)7-5-11)10(2)26-17(16)20-13(21)8-9-14(22)23/h4-9H,3H2,1-2H3,(H,20,21)(H,22,23)/p-1. The van der Waals surface area contributed by atoms with Gasteiger partial charge in [-0.1, -0.05) is 12.1 Å². The molecule has 0 aliphatic carbocycles. The highest BCUT2D eigenvalue weighted by Crippen LogP contribution is 2.40. The molecule has 0 unspecified atom stereocenters. The highest BCUT2D eigenvalue weighted by Gasteiger charge is 2.25. The molecule has 1 N–H and O–H groups in total. The number of halogens is 1. The second-order valence-electron chi connectivity index (χ2n) is 5.11. The predicted molar refractivity (Wildman–Crippen MR) is 93.2 cm³/mol. The smallest absolute Gasteiger partial charge is 0.341 e. The Labute approximate surface area is 152 Å². The third-order valence-corrected chi connectivity index (χ3v) is 4.32. The molecule has 2 aromatic rings. The number of esters is 1. The van der Waals surface area contributed by atoms with Gasteiger partial charge in [0.15, 0.2) is 0 Å². The Morgan fingerprint density at radius 1 is 1.23 bits per heavy atom. The van der Waals surface area contributed by atoms with Gasteiger partial charge in [-0.3, -0.25) is 4.79 Å². The van der Waals surface area contributed by atoms with Gasteiger partial charge in [-0.25, -0.2) is 9.18 Å². The summed E-state index contributed by atoms with van der Waals surface area (Å²) in [5.74, 6) is -3.30. The molecule has 0 aliphatic heterocycles. The van der Waals surface area contributed by atoms with Crippen molar-refractivity contribution < 1.29 is 28.6 Å². The van der Waals surface area contributed by atoms with Gasteiger partial charge in [0.05, 0.1) is 12.6 Å². The lowest BCUT2D eigenvalue weighted by atomic mass is 10.0. The van der Waals surface area contributed by atoms with Crippen molar-refractivity contribution in [2.24, 2.45) is 0 Å². The molecule has 6 nitrogen and oxygen atoms in total. The molecule has 0 saturated carbocycles. The average molecular weight is 376 g/mol. The van der Waals surface area contributed by atoms with E-state index in [4.69, 9.17) is 4.74 Å². The van der Waals surface area contributed by atoms with E-state index in [0.29, 0.717) is 22.1 Å². The Kier molecular flexibility index (Phi) is 6.24. The largest absolute Gasteiger partial charge is 0.545 e. The zero-order valence-corrected chi connectivity index (χ0v) is 14.8. The van der Waals surface area contributed by atoms with Gasteiger partial charge in [0.25, 0.3) is 0 Å². The number of carbonyl (C=O) groups is 3. The fourth-order valence-electron chi connectivity index (χ4n) is 2.29. The first-order valence-corrected chi connectivity index (χ1v) is 8.41. The number of nitrogens with one attached hydrogen (secondary N) is 1. The highest BCUT2D eigenvalue weighted by atomic mass is 32.1. The highest BCUT2D eigenvalue weighted by molar-refractivity contribution is 7.17. The Balaban J connectivity index is 2.50. The summed E-state index contributed by atoms with van der Waals surface area (Å²) < 4.78 is 18.3. The van der Waals surface area contributed by atoms with Crippen molar-refractivity contribution in [1.29, 1.82) is 0 Å². The van der Waals surface area contributed by atoms with E-state index in [2.05, 4.69) is 5.32 Å². The fourth-order valence-corrected chi connectivity index (χ4v) is 3.36. The van der Waals surface area contributed by atoms with E-state index in [1.54, 1.807) is 13.8 Å². The first-order valence-electron chi connectivity index (χ1n) is 7.60. The first-order chi connectivity index (χ1) is 12.3. The number of amides is 1. The van der Waals surface area contributed by atoms with E-state index in [-0.39, 0.29) is 17.2 Å². The van der Waals surface area contributed by atoms with Crippen LogP contribution in [0.15, 0.2) is 36.4 Å². The van der Waals surface area contributed by atoms with Crippen LogP contribution in [0.5, 0.6) is 0 Å². The average Bonchev–Trinajstić information content (AvgIpc) is 2.90. The number of anilines is 1. The molecule has 0 saturated heterocycles. The van der Waals surface area contributed by atoms with Crippen molar-refractivity contribution in [3.05, 3.63) is 52.7 Å². The number of rotatable bonds is 6. The first kappa shape index (κ1) is 19.3. The number of hydrogen-bond donors (Lipinski definition) is 1. The quantitative estimate of drug-likeness (QED) is 0.616. The number of ether oxygens (including phenoxy) is 1. The molecule has 0 fully saturated rings. The van der Waals surface area contributed by atoms with Crippen LogP contribution >= 0.6 is 11.3 Å². The molecular weight excluding hydrogens is 361 g/mol. The Morgan fingerprint density at radius 3 is 2.46 bits per heavy atom. The molecule has 1 aromatic heterocycles. The monoisotopic (exact) mass is 376 g/mol. The zero-order valence-electron chi connectivity index (χ0n) is 14.0. The van der Waals surface area contributed by atoms with Gasteiger partial charge in [0.2, 0.25) is 5.91 Å². The van der Waals surface area contributed by atoms with E-state index < -0.39 is 23.7 Å². The van der Waals surface area contributed by atoms with E-state index in [1.807, 2.05) is 0 Å². The van der Waals surface area contributed by atoms with Crippen molar-refractivity contribution >= 4 is 34.2 Å². The molecule has 8 heteroatoms. The molecule has 2 rings (SSSR count). The van der Waals surface area contributed by atoms with Crippen LogP contribution in [-0.4, -0.2) is 24.5 Å². The van der Waals surface area contributed by atoms with Gasteiger partial charge in [0.1, 0.15) is 16.4 Å². The molecule has 0 spiro atoms. The minimum Gasteiger partial charge on any atom is -0.545 e. The van der Waals surface area contributed by atoms with Gasteiger partial charge >= 0.3 is 5.97 Å². The van der Waals surface area contributed by atoms with Crippen molar-refractivity contribution in [2.75, 3.05) is 11.9 Å². The van der Waals surface area contributed by atoms with Gasteiger partial charge in [-0.15, -0.1) is 11.3 Å². The minimum atomic E-state index is -1.51. The third kappa shape index (κ3) is 4.54. The maximum atomic E-state index is 13.2.